The fraction of sp³-hybridized carbons (Fsp3) is 0.706. The summed E-state index contributed by atoms with van der Waals surface area (Å²) in [6.45, 7) is 3.29. The highest BCUT2D eigenvalue weighted by Gasteiger charge is 2.39. The normalized spacial score (nSPS) is 18.4. The summed E-state index contributed by atoms with van der Waals surface area (Å²) in [7, 11) is 0. The number of hydrogen-bond acceptors (Lipinski definition) is 6. The third-order valence-electron chi connectivity index (χ3n) is 4.52. The Kier molecular flexibility index (Phi) is 8.83. The van der Waals surface area contributed by atoms with Crippen LogP contribution >= 0.6 is 0 Å². The zero-order chi connectivity index (χ0) is 21.4. The number of aliphatic carboxylic acids is 1. The molecule has 1 aliphatic rings. The van der Waals surface area contributed by atoms with Crippen molar-refractivity contribution in [3.8, 4) is 0 Å². The van der Waals surface area contributed by atoms with Gasteiger partial charge in [-0.25, -0.2) is 0 Å². The van der Waals surface area contributed by atoms with Crippen LogP contribution in [0.3, 0.4) is 0 Å². The zero-order valence-corrected chi connectivity index (χ0v) is 16.1. The highest BCUT2D eigenvalue weighted by atomic mass is 16.4. The Bertz CT molecular complexity index is 623. The van der Waals surface area contributed by atoms with Crippen molar-refractivity contribution in [2.45, 2.75) is 57.7 Å². The number of carbonyl (C=O) groups is 5. The Balaban J connectivity index is 2.79. The van der Waals surface area contributed by atoms with Gasteiger partial charge in [0.25, 0.3) is 0 Å². The van der Waals surface area contributed by atoms with Gasteiger partial charge in [0.2, 0.25) is 23.6 Å². The highest BCUT2D eigenvalue weighted by Crippen LogP contribution is 2.20. The van der Waals surface area contributed by atoms with Crippen molar-refractivity contribution in [1.29, 1.82) is 0 Å². The van der Waals surface area contributed by atoms with Crippen LogP contribution in [0.1, 0.15) is 39.5 Å². The van der Waals surface area contributed by atoms with Crippen LogP contribution in [0.2, 0.25) is 0 Å². The molecule has 11 nitrogen and oxygen atoms in total. The van der Waals surface area contributed by atoms with Crippen LogP contribution < -0.4 is 22.1 Å². The first-order valence-electron chi connectivity index (χ1n) is 9.18. The molecule has 0 aliphatic carbocycles. The molecule has 1 fully saturated rings. The van der Waals surface area contributed by atoms with Gasteiger partial charge in [0.15, 0.2) is 0 Å². The van der Waals surface area contributed by atoms with Crippen LogP contribution in [0, 0.1) is 5.92 Å². The minimum absolute atomic E-state index is 0.0488. The van der Waals surface area contributed by atoms with Gasteiger partial charge in [0.05, 0.1) is 6.04 Å². The number of nitrogens with one attached hydrogen (secondary N) is 2. The van der Waals surface area contributed by atoms with Gasteiger partial charge in [-0.2, -0.15) is 0 Å². The smallest absolute Gasteiger partial charge is 0.322 e. The molecule has 0 aromatic heterocycles. The Morgan fingerprint density at radius 1 is 1.21 bits per heavy atom. The first kappa shape index (κ1) is 23.3. The van der Waals surface area contributed by atoms with Crippen molar-refractivity contribution in [2.24, 2.45) is 17.4 Å². The van der Waals surface area contributed by atoms with Crippen molar-refractivity contribution < 1.29 is 29.1 Å². The fourth-order valence-corrected chi connectivity index (χ4v) is 2.96. The number of rotatable bonds is 10. The van der Waals surface area contributed by atoms with Crippen molar-refractivity contribution in [3.63, 3.8) is 0 Å². The molecule has 3 atom stereocenters. The standard InChI is InChI=1S/C17H29N5O6/c1-9(2)14(21-15(26)10(18)5-6-12(19)23)17(28)22-7-3-4-11(22)16(27)20-8-13(24)25/h9-11,14H,3-8,18H2,1-2H3,(H2,19,23)(H,20,27)(H,21,26)(H,24,25). The maximum absolute atomic E-state index is 13.0. The van der Waals surface area contributed by atoms with Gasteiger partial charge in [-0.1, -0.05) is 13.8 Å². The number of carbonyl (C=O) groups excluding carboxylic acids is 4. The van der Waals surface area contributed by atoms with Gasteiger partial charge >= 0.3 is 5.97 Å². The molecule has 1 aliphatic heterocycles. The number of primary amides is 1. The fourth-order valence-electron chi connectivity index (χ4n) is 2.96. The predicted octanol–water partition coefficient (Wildman–Crippen LogP) is -2.09. The third kappa shape index (κ3) is 6.80. The van der Waals surface area contributed by atoms with E-state index < -0.39 is 54.3 Å². The molecule has 4 amide bonds. The molecular formula is C17H29N5O6. The molecule has 1 saturated heterocycles. The number of likely N-dealkylation sites (tertiary alicyclic amines) is 1. The summed E-state index contributed by atoms with van der Waals surface area (Å²) in [5.74, 6) is -3.59. The number of carboxylic acid groups (broad SMARTS) is 1. The Morgan fingerprint density at radius 3 is 2.39 bits per heavy atom. The summed E-state index contributed by atoms with van der Waals surface area (Å²) in [5.41, 5.74) is 10.8. The second-order valence-electron chi connectivity index (χ2n) is 7.14. The monoisotopic (exact) mass is 399 g/mol. The largest absolute Gasteiger partial charge is 0.480 e. The van der Waals surface area contributed by atoms with Crippen LogP contribution in [-0.4, -0.2) is 70.8 Å². The summed E-state index contributed by atoms with van der Waals surface area (Å²) in [6, 6.07) is -2.68. The van der Waals surface area contributed by atoms with Gasteiger partial charge < -0.3 is 32.1 Å². The summed E-state index contributed by atoms with van der Waals surface area (Å²) in [4.78, 5) is 60.3. The quantitative estimate of drug-likeness (QED) is 0.279. The molecule has 1 rings (SSSR count). The number of amides is 4. The lowest BCUT2D eigenvalue weighted by atomic mass is 10.0. The number of nitrogens with two attached hydrogens (primary N) is 2. The number of nitrogens with zero attached hydrogens (tertiary/aromatic N) is 1. The van der Waals surface area contributed by atoms with E-state index in [4.69, 9.17) is 16.6 Å². The van der Waals surface area contributed by atoms with E-state index in [0.717, 1.165) is 0 Å². The first-order chi connectivity index (χ1) is 13.0. The Morgan fingerprint density at radius 2 is 1.86 bits per heavy atom. The summed E-state index contributed by atoms with van der Waals surface area (Å²) in [5, 5.41) is 13.6. The van der Waals surface area contributed by atoms with Crippen molar-refractivity contribution in [2.75, 3.05) is 13.1 Å². The Hall–Kier alpha value is -2.69. The lowest BCUT2D eigenvalue weighted by Gasteiger charge is -2.31. The van der Waals surface area contributed by atoms with E-state index in [1.807, 2.05) is 0 Å². The minimum Gasteiger partial charge on any atom is -0.480 e. The summed E-state index contributed by atoms with van der Waals surface area (Å²) < 4.78 is 0. The molecule has 28 heavy (non-hydrogen) atoms. The average molecular weight is 399 g/mol. The molecule has 7 N–H and O–H groups in total. The van der Waals surface area contributed by atoms with Crippen LogP contribution in [0.25, 0.3) is 0 Å². The molecule has 158 valence electrons. The molecule has 0 aromatic rings. The van der Waals surface area contributed by atoms with E-state index in [0.29, 0.717) is 19.4 Å². The lowest BCUT2D eigenvalue weighted by Crippen LogP contribution is -2.57. The van der Waals surface area contributed by atoms with E-state index in [2.05, 4.69) is 10.6 Å². The lowest BCUT2D eigenvalue weighted by molar-refractivity contribution is -0.143. The van der Waals surface area contributed by atoms with Crippen LogP contribution in [0.5, 0.6) is 0 Å². The number of hydrogen-bond donors (Lipinski definition) is 5. The zero-order valence-electron chi connectivity index (χ0n) is 16.1. The van der Waals surface area contributed by atoms with Gasteiger partial charge in [-0.3, -0.25) is 24.0 Å². The van der Waals surface area contributed by atoms with Crippen LogP contribution in [-0.2, 0) is 24.0 Å². The molecule has 1 heterocycles. The van der Waals surface area contributed by atoms with Crippen molar-refractivity contribution >= 4 is 29.6 Å². The second-order valence-corrected chi connectivity index (χ2v) is 7.14. The van der Waals surface area contributed by atoms with Crippen molar-refractivity contribution in [3.05, 3.63) is 0 Å². The van der Waals surface area contributed by atoms with E-state index in [9.17, 15) is 24.0 Å². The molecule has 0 aromatic carbocycles. The highest BCUT2D eigenvalue weighted by molar-refractivity contribution is 5.94. The van der Waals surface area contributed by atoms with Gasteiger partial charge in [0, 0.05) is 13.0 Å². The molecule has 11 heteroatoms. The van der Waals surface area contributed by atoms with E-state index in [1.54, 1.807) is 13.8 Å². The van der Waals surface area contributed by atoms with E-state index >= 15 is 0 Å². The maximum Gasteiger partial charge on any atom is 0.322 e. The van der Waals surface area contributed by atoms with Gasteiger partial charge in [-0.05, 0) is 25.2 Å². The predicted molar refractivity (Wildman–Crippen MR) is 98.6 cm³/mol. The topological polar surface area (TPSA) is 185 Å². The van der Waals surface area contributed by atoms with E-state index in [-0.39, 0.29) is 18.8 Å². The molecule has 3 unspecified atom stereocenters. The Labute approximate surface area is 163 Å². The van der Waals surface area contributed by atoms with Gasteiger partial charge in [0.1, 0.15) is 18.6 Å². The number of carboxylic acids is 1. The minimum atomic E-state index is -1.18. The summed E-state index contributed by atoms with van der Waals surface area (Å²) in [6.07, 6.45) is 1.01. The van der Waals surface area contributed by atoms with Crippen LogP contribution in [0.15, 0.2) is 0 Å². The average Bonchev–Trinajstić information content (AvgIpc) is 3.10. The van der Waals surface area contributed by atoms with Crippen molar-refractivity contribution in [1.82, 2.24) is 15.5 Å². The van der Waals surface area contributed by atoms with Gasteiger partial charge in [-0.15, -0.1) is 0 Å². The SMILES string of the molecule is CC(C)C(NC(=O)C(N)CCC(N)=O)C(=O)N1CCCC1C(=O)NCC(=O)O. The maximum atomic E-state index is 13.0. The molecule has 0 bridgehead atoms. The molecular weight excluding hydrogens is 370 g/mol. The van der Waals surface area contributed by atoms with Crippen LogP contribution in [0.4, 0.5) is 0 Å². The second kappa shape index (κ2) is 10.6. The first-order valence-corrected chi connectivity index (χ1v) is 9.18. The third-order valence-corrected chi connectivity index (χ3v) is 4.52. The van der Waals surface area contributed by atoms with E-state index in [1.165, 1.54) is 4.90 Å². The molecule has 0 spiro atoms. The molecule has 0 saturated carbocycles. The summed E-state index contributed by atoms with van der Waals surface area (Å²) >= 11 is 0. The molecule has 0 radical (unpaired) electrons.